The van der Waals surface area contributed by atoms with E-state index in [0.717, 1.165) is 43.9 Å². The molecule has 3 aromatic rings. The van der Waals surface area contributed by atoms with Crippen molar-refractivity contribution >= 4 is 5.91 Å². The Kier molecular flexibility index (Phi) is 6.85. The Bertz CT molecular complexity index is 1020. The minimum Gasteiger partial charge on any atom is -0.484 e. The Morgan fingerprint density at radius 2 is 1.66 bits per heavy atom. The van der Waals surface area contributed by atoms with Gasteiger partial charge in [0.15, 0.2) is 6.61 Å². The maximum Gasteiger partial charge on any atom is 0.260 e. The monoisotopic (exact) mass is 434 g/mol. The van der Waals surface area contributed by atoms with Gasteiger partial charge < -0.3 is 14.2 Å². The van der Waals surface area contributed by atoms with E-state index in [4.69, 9.17) is 9.26 Å². The zero-order valence-corrected chi connectivity index (χ0v) is 19.0. The van der Waals surface area contributed by atoms with Crippen LogP contribution in [0.5, 0.6) is 5.75 Å². The zero-order chi connectivity index (χ0) is 22.5. The van der Waals surface area contributed by atoms with Gasteiger partial charge in [0.05, 0.1) is 0 Å². The molecule has 2 heterocycles. The third-order valence-electron chi connectivity index (χ3n) is 5.55. The number of hydrogen-bond acceptors (Lipinski definition) is 6. The summed E-state index contributed by atoms with van der Waals surface area (Å²) in [7, 11) is 0. The number of aromatic nitrogens is 2. The fourth-order valence-corrected chi connectivity index (χ4v) is 3.79. The van der Waals surface area contributed by atoms with Crippen LogP contribution < -0.4 is 4.74 Å². The molecule has 1 amide bonds. The molecule has 1 aromatic heterocycles. The maximum absolute atomic E-state index is 12.5. The molecule has 0 saturated carbocycles. The van der Waals surface area contributed by atoms with E-state index in [1.807, 2.05) is 60.4 Å². The van der Waals surface area contributed by atoms with E-state index in [2.05, 4.69) is 28.9 Å². The van der Waals surface area contributed by atoms with E-state index >= 15 is 0 Å². The second kappa shape index (κ2) is 9.96. The molecule has 2 aromatic carbocycles. The molecule has 0 radical (unpaired) electrons. The van der Waals surface area contributed by atoms with E-state index in [9.17, 15) is 4.79 Å². The summed E-state index contributed by atoms with van der Waals surface area (Å²) < 4.78 is 11.1. The number of ether oxygens (including phenoxy) is 1. The van der Waals surface area contributed by atoms with Crippen LogP contribution in [-0.2, 0) is 4.79 Å². The fourth-order valence-electron chi connectivity index (χ4n) is 3.79. The first-order chi connectivity index (χ1) is 15.5. The van der Waals surface area contributed by atoms with Crippen molar-refractivity contribution in [1.82, 2.24) is 19.9 Å². The van der Waals surface area contributed by atoms with Gasteiger partial charge in [-0.3, -0.25) is 9.69 Å². The molecule has 32 heavy (non-hydrogen) atoms. The van der Waals surface area contributed by atoms with Gasteiger partial charge in [-0.2, -0.15) is 4.98 Å². The Labute approximate surface area is 189 Å². The van der Waals surface area contributed by atoms with E-state index < -0.39 is 0 Å². The zero-order valence-electron chi connectivity index (χ0n) is 19.0. The van der Waals surface area contributed by atoms with Crippen molar-refractivity contribution in [2.75, 3.05) is 39.3 Å². The summed E-state index contributed by atoms with van der Waals surface area (Å²) in [5, 5.41) is 4.08. The molecule has 7 heteroatoms. The van der Waals surface area contributed by atoms with Crippen molar-refractivity contribution in [3.8, 4) is 28.6 Å². The predicted molar refractivity (Wildman–Crippen MR) is 123 cm³/mol. The second-order valence-corrected chi connectivity index (χ2v) is 8.68. The van der Waals surface area contributed by atoms with Gasteiger partial charge in [-0.25, -0.2) is 0 Å². The third-order valence-corrected chi connectivity index (χ3v) is 5.55. The quantitative estimate of drug-likeness (QED) is 0.562. The van der Waals surface area contributed by atoms with E-state index in [1.165, 1.54) is 5.56 Å². The van der Waals surface area contributed by atoms with Crippen LogP contribution >= 0.6 is 0 Å². The number of hydrogen-bond donors (Lipinski definition) is 0. The molecule has 1 aliphatic heterocycles. The van der Waals surface area contributed by atoms with Gasteiger partial charge in [-0.1, -0.05) is 48.8 Å². The summed E-state index contributed by atoms with van der Waals surface area (Å²) in [5.74, 6) is 2.31. The first-order valence-corrected chi connectivity index (χ1v) is 11.1. The van der Waals surface area contributed by atoms with Crippen LogP contribution in [0.25, 0.3) is 22.8 Å². The number of piperazine rings is 1. The Morgan fingerprint density at radius 3 is 2.31 bits per heavy atom. The lowest BCUT2D eigenvalue weighted by atomic mass is 10.1. The molecule has 0 bridgehead atoms. The predicted octanol–water partition coefficient (Wildman–Crippen LogP) is 3.89. The highest BCUT2D eigenvalue weighted by atomic mass is 16.5. The minimum atomic E-state index is 0.0258. The molecule has 0 atom stereocenters. The molecule has 1 fully saturated rings. The lowest BCUT2D eigenvalue weighted by Gasteiger charge is -2.35. The normalized spacial score (nSPS) is 14.7. The van der Waals surface area contributed by atoms with Crippen LogP contribution in [0.3, 0.4) is 0 Å². The molecule has 168 valence electrons. The standard InChI is InChI=1S/C25H30N4O3/c1-18(2)16-28-12-14-29(15-13-28)23(30)17-31-22-10-8-21(9-11-22)25-26-24(27-32-25)20-6-4-19(3)5-7-20/h4-11,18H,12-17H2,1-3H3. The highest BCUT2D eigenvalue weighted by molar-refractivity contribution is 5.78. The number of carbonyl (C=O) groups excluding carboxylic acids is 1. The van der Waals surface area contributed by atoms with Crippen LogP contribution in [0, 0.1) is 12.8 Å². The SMILES string of the molecule is Cc1ccc(-c2noc(-c3ccc(OCC(=O)N4CCN(CC(C)C)CC4)cc3)n2)cc1. The molecule has 0 N–H and O–H groups in total. The summed E-state index contributed by atoms with van der Waals surface area (Å²) in [4.78, 5) is 21.3. The fraction of sp³-hybridized carbons (Fsp3) is 0.400. The van der Waals surface area contributed by atoms with E-state index in [-0.39, 0.29) is 12.5 Å². The van der Waals surface area contributed by atoms with Crippen molar-refractivity contribution in [3.63, 3.8) is 0 Å². The van der Waals surface area contributed by atoms with Gasteiger partial charge in [0.2, 0.25) is 5.82 Å². The first-order valence-electron chi connectivity index (χ1n) is 11.1. The molecular formula is C25H30N4O3. The number of nitrogens with zero attached hydrogens (tertiary/aromatic N) is 4. The van der Waals surface area contributed by atoms with Gasteiger partial charge >= 0.3 is 0 Å². The summed E-state index contributed by atoms with van der Waals surface area (Å²) in [5.41, 5.74) is 2.89. The van der Waals surface area contributed by atoms with Gasteiger partial charge in [-0.15, -0.1) is 0 Å². The Hall–Kier alpha value is -3.19. The molecule has 0 spiro atoms. The van der Waals surface area contributed by atoms with Crippen LogP contribution in [-0.4, -0.2) is 65.2 Å². The third kappa shape index (κ3) is 5.53. The van der Waals surface area contributed by atoms with E-state index in [0.29, 0.717) is 23.4 Å². The van der Waals surface area contributed by atoms with Crippen molar-refractivity contribution in [2.24, 2.45) is 5.92 Å². The van der Waals surface area contributed by atoms with Crippen LogP contribution in [0.2, 0.25) is 0 Å². The van der Waals surface area contributed by atoms with Crippen LogP contribution in [0.15, 0.2) is 53.1 Å². The summed E-state index contributed by atoms with van der Waals surface area (Å²) in [6.45, 7) is 11.0. The van der Waals surface area contributed by atoms with Crippen molar-refractivity contribution in [1.29, 1.82) is 0 Å². The molecule has 4 rings (SSSR count). The second-order valence-electron chi connectivity index (χ2n) is 8.68. The molecule has 7 nitrogen and oxygen atoms in total. The number of amides is 1. The lowest BCUT2D eigenvalue weighted by molar-refractivity contribution is -0.135. The van der Waals surface area contributed by atoms with Gasteiger partial charge in [-0.05, 0) is 37.1 Å². The molecule has 1 saturated heterocycles. The maximum atomic E-state index is 12.5. The van der Waals surface area contributed by atoms with Crippen molar-refractivity contribution in [2.45, 2.75) is 20.8 Å². The summed E-state index contributed by atoms with van der Waals surface area (Å²) in [6, 6.07) is 15.3. The van der Waals surface area contributed by atoms with Crippen LogP contribution in [0.1, 0.15) is 19.4 Å². The van der Waals surface area contributed by atoms with Crippen molar-refractivity contribution in [3.05, 3.63) is 54.1 Å². The summed E-state index contributed by atoms with van der Waals surface area (Å²) in [6.07, 6.45) is 0. The largest absolute Gasteiger partial charge is 0.484 e. The van der Waals surface area contributed by atoms with E-state index in [1.54, 1.807) is 0 Å². The Morgan fingerprint density at radius 1 is 1.00 bits per heavy atom. The van der Waals surface area contributed by atoms with Gasteiger partial charge in [0.25, 0.3) is 11.8 Å². The van der Waals surface area contributed by atoms with Crippen LogP contribution in [0.4, 0.5) is 0 Å². The highest BCUT2D eigenvalue weighted by Crippen LogP contribution is 2.24. The Balaban J connectivity index is 1.29. The first kappa shape index (κ1) is 22.0. The number of rotatable bonds is 7. The molecule has 0 unspecified atom stereocenters. The molecule has 1 aliphatic rings. The average molecular weight is 435 g/mol. The smallest absolute Gasteiger partial charge is 0.260 e. The number of carbonyl (C=O) groups is 1. The van der Waals surface area contributed by atoms with Gasteiger partial charge in [0.1, 0.15) is 5.75 Å². The highest BCUT2D eigenvalue weighted by Gasteiger charge is 2.21. The molecule has 0 aliphatic carbocycles. The summed E-state index contributed by atoms with van der Waals surface area (Å²) >= 11 is 0. The average Bonchev–Trinajstić information content (AvgIpc) is 3.29. The number of benzene rings is 2. The number of aryl methyl sites for hydroxylation is 1. The minimum absolute atomic E-state index is 0.0258. The molecular weight excluding hydrogens is 404 g/mol. The lowest BCUT2D eigenvalue weighted by Crippen LogP contribution is -2.50. The van der Waals surface area contributed by atoms with Crippen molar-refractivity contribution < 1.29 is 14.1 Å². The van der Waals surface area contributed by atoms with Gasteiger partial charge in [0, 0.05) is 43.9 Å². The topological polar surface area (TPSA) is 71.7 Å².